The van der Waals surface area contributed by atoms with E-state index in [0.717, 1.165) is 12.1 Å². The Morgan fingerprint density at radius 3 is 2.42 bits per heavy atom. The van der Waals surface area contributed by atoms with Crippen molar-refractivity contribution < 1.29 is 41.6 Å². The fourth-order valence-electron chi connectivity index (χ4n) is 5.15. The molecule has 5 unspecified atom stereocenters. The van der Waals surface area contributed by atoms with Crippen molar-refractivity contribution in [3.63, 3.8) is 0 Å². The summed E-state index contributed by atoms with van der Waals surface area (Å²) in [5.41, 5.74) is 0.389. The lowest BCUT2D eigenvalue weighted by molar-refractivity contribution is -0.149. The van der Waals surface area contributed by atoms with Gasteiger partial charge in [0, 0.05) is 15.4 Å². The van der Waals surface area contributed by atoms with Crippen molar-refractivity contribution in [3.05, 3.63) is 57.7 Å². The Morgan fingerprint density at radius 2 is 1.76 bits per heavy atom. The van der Waals surface area contributed by atoms with E-state index in [1.54, 1.807) is 24.3 Å². The molecule has 2 aromatic rings. The van der Waals surface area contributed by atoms with Gasteiger partial charge in [0.2, 0.25) is 0 Å². The number of hydrogen-bond donors (Lipinski definition) is 1. The van der Waals surface area contributed by atoms with Crippen molar-refractivity contribution >= 4 is 50.6 Å². The highest BCUT2D eigenvalue weighted by molar-refractivity contribution is 14.1. The van der Waals surface area contributed by atoms with Gasteiger partial charge in [0.05, 0.1) is 22.3 Å². The Labute approximate surface area is 202 Å². The molecule has 3 fully saturated rings. The molecule has 172 valence electrons. The standard InChI is InChI=1S/C22H17IO9S/c23-15-4-2-1-3-12(15)20(24)31-18-13-9-14-17(22(26)32-19(14)18)16(13)21(25)30-10-5-7-11(8-6-10)33(27,28)29/h1-8,13-14,16-19H,9H2,(H,27,28,29)/t13?,14?,16?,17-,18?,19?/m0/s1. The maximum absolute atomic E-state index is 13.0. The SMILES string of the molecule is O=C(OC1C2CC3C1OC(=O)[C@@H]3C2C(=O)Oc1ccc(S(=O)(=O)O)cc1)c1ccccc1I. The number of hydrogen-bond acceptors (Lipinski definition) is 8. The largest absolute Gasteiger partial charge is 0.458 e. The van der Waals surface area contributed by atoms with E-state index in [-0.39, 0.29) is 16.6 Å². The Bertz CT molecular complexity index is 1260. The zero-order valence-corrected chi connectivity index (χ0v) is 19.8. The maximum atomic E-state index is 13.0. The van der Waals surface area contributed by atoms with Gasteiger partial charge in [-0.2, -0.15) is 8.42 Å². The number of carbonyl (C=O) groups is 3. The summed E-state index contributed by atoms with van der Waals surface area (Å²) in [5, 5.41) is 0. The molecule has 9 nitrogen and oxygen atoms in total. The number of ether oxygens (including phenoxy) is 3. The molecule has 1 aliphatic heterocycles. The van der Waals surface area contributed by atoms with Crippen molar-refractivity contribution in [2.75, 3.05) is 0 Å². The maximum Gasteiger partial charge on any atom is 0.339 e. The van der Waals surface area contributed by atoms with Gasteiger partial charge >= 0.3 is 17.9 Å². The molecule has 2 aromatic carbocycles. The second-order valence-corrected chi connectivity index (χ2v) is 10.8. The number of rotatable bonds is 5. The lowest BCUT2D eigenvalue weighted by Crippen LogP contribution is -2.44. The van der Waals surface area contributed by atoms with Crippen LogP contribution in [0.4, 0.5) is 0 Å². The van der Waals surface area contributed by atoms with E-state index in [1.807, 2.05) is 22.6 Å². The van der Waals surface area contributed by atoms with Gasteiger partial charge in [0.25, 0.3) is 10.1 Å². The summed E-state index contributed by atoms with van der Waals surface area (Å²) in [5.74, 6) is -3.88. The highest BCUT2D eigenvalue weighted by atomic mass is 127. The number of esters is 3. The van der Waals surface area contributed by atoms with Gasteiger partial charge in [-0.3, -0.25) is 14.1 Å². The molecule has 1 heterocycles. The molecule has 5 rings (SSSR count). The number of halogens is 1. The fraction of sp³-hybridized carbons (Fsp3) is 0.318. The van der Waals surface area contributed by atoms with E-state index in [9.17, 15) is 22.8 Å². The van der Waals surface area contributed by atoms with Gasteiger partial charge in [-0.1, -0.05) is 12.1 Å². The van der Waals surface area contributed by atoms with Crippen LogP contribution < -0.4 is 4.74 Å². The van der Waals surface area contributed by atoms with Crippen molar-refractivity contribution in [1.82, 2.24) is 0 Å². The zero-order valence-electron chi connectivity index (χ0n) is 16.8. The van der Waals surface area contributed by atoms with Crippen LogP contribution in [0.1, 0.15) is 16.8 Å². The third kappa shape index (κ3) is 3.81. The number of carbonyl (C=O) groups excluding carboxylic acids is 3. The lowest BCUT2D eigenvalue weighted by atomic mass is 9.78. The second kappa shape index (κ2) is 8.06. The van der Waals surface area contributed by atoms with E-state index in [0.29, 0.717) is 15.6 Å². The first-order chi connectivity index (χ1) is 15.6. The zero-order chi connectivity index (χ0) is 23.5. The molecule has 0 radical (unpaired) electrons. The molecular weight excluding hydrogens is 567 g/mol. The van der Waals surface area contributed by atoms with Crippen LogP contribution in [0.5, 0.6) is 5.75 Å². The molecular formula is C22H17IO9S. The van der Waals surface area contributed by atoms with Crippen LogP contribution in [0.15, 0.2) is 53.4 Å². The fourth-order valence-corrected chi connectivity index (χ4v) is 6.23. The molecule has 11 heteroatoms. The van der Waals surface area contributed by atoms with Crippen molar-refractivity contribution in [2.45, 2.75) is 23.5 Å². The first-order valence-corrected chi connectivity index (χ1v) is 12.6. The van der Waals surface area contributed by atoms with Crippen molar-refractivity contribution in [1.29, 1.82) is 0 Å². The summed E-state index contributed by atoms with van der Waals surface area (Å²) in [4.78, 5) is 38.0. The van der Waals surface area contributed by atoms with Crippen molar-refractivity contribution in [2.24, 2.45) is 23.7 Å². The minimum absolute atomic E-state index is 0.0606. The Kier molecular flexibility index (Phi) is 5.45. The molecule has 6 atom stereocenters. The molecule has 33 heavy (non-hydrogen) atoms. The average molecular weight is 584 g/mol. The summed E-state index contributed by atoms with van der Waals surface area (Å²) in [6, 6.07) is 11.6. The predicted octanol–water partition coefficient (Wildman–Crippen LogP) is 2.48. The van der Waals surface area contributed by atoms with E-state index in [4.69, 9.17) is 18.8 Å². The van der Waals surface area contributed by atoms with Gasteiger partial charge in [-0.15, -0.1) is 0 Å². The van der Waals surface area contributed by atoms with Gasteiger partial charge in [0.1, 0.15) is 18.0 Å². The van der Waals surface area contributed by atoms with Gasteiger partial charge in [0.15, 0.2) is 0 Å². The van der Waals surface area contributed by atoms with Crippen molar-refractivity contribution in [3.8, 4) is 5.75 Å². The van der Waals surface area contributed by atoms with Crippen LogP contribution in [0.2, 0.25) is 0 Å². The molecule has 1 saturated heterocycles. The summed E-state index contributed by atoms with van der Waals surface area (Å²) in [6.07, 6.45) is -0.858. The first kappa shape index (κ1) is 22.3. The van der Waals surface area contributed by atoms with Gasteiger partial charge in [-0.05, 0) is 65.4 Å². The topological polar surface area (TPSA) is 133 Å². The number of fused-ring (bicyclic) bond motifs is 1. The normalized spacial score (nSPS) is 29.6. The van der Waals surface area contributed by atoms with Gasteiger partial charge in [-0.25, -0.2) is 4.79 Å². The second-order valence-electron chi connectivity index (χ2n) is 8.23. The number of benzene rings is 2. The molecule has 3 aliphatic rings. The quantitative estimate of drug-likeness (QED) is 0.244. The average Bonchev–Trinajstić information content (AvgIpc) is 3.37. The van der Waals surface area contributed by atoms with E-state index in [1.165, 1.54) is 12.1 Å². The third-order valence-corrected chi connectivity index (χ3v) is 8.30. The molecule has 0 amide bonds. The molecule has 0 spiro atoms. The van der Waals surface area contributed by atoms with E-state index >= 15 is 0 Å². The Balaban J connectivity index is 1.36. The Hall–Kier alpha value is -2.51. The van der Waals surface area contributed by atoms with E-state index < -0.39 is 58.0 Å². The molecule has 2 bridgehead atoms. The minimum atomic E-state index is -4.38. The van der Waals surface area contributed by atoms with Crippen LogP contribution in [0, 0.1) is 27.2 Å². The minimum Gasteiger partial charge on any atom is -0.458 e. The molecule has 1 N–H and O–H groups in total. The predicted molar refractivity (Wildman–Crippen MR) is 119 cm³/mol. The van der Waals surface area contributed by atoms with Crippen LogP contribution in [-0.2, 0) is 29.2 Å². The van der Waals surface area contributed by atoms with Crippen LogP contribution in [0.3, 0.4) is 0 Å². The van der Waals surface area contributed by atoms with Crippen LogP contribution in [-0.4, -0.2) is 43.1 Å². The Morgan fingerprint density at radius 1 is 1.06 bits per heavy atom. The van der Waals surface area contributed by atoms with Crippen LogP contribution >= 0.6 is 22.6 Å². The summed E-state index contributed by atoms with van der Waals surface area (Å²) in [6.45, 7) is 0. The lowest BCUT2D eigenvalue weighted by Gasteiger charge is -2.30. The monoisotopic (exact) mass is 584 g/mol. The smallest absolute Gasteiger partial charge is 0.339 e. The molecule has 2 aliphatic carbocycles. The molecule has 2 saturated carbocycles. The summed E-state index contributed by atoms with van der Waals surface area (Å²) in [7, 11) is -4.38. The molecule has 0 aromatic heterocycles. The summed E-state index contributed by atoms with van der Waals surface area (Å²) < 4.78 is 48.8. The highest BCUT2D eigenvalue weighted by Crippen LogP contribution is 2.59. The highest BCUT2D eigenvalue weighted by Gasteiger charge is 2.70. The van der Waals surface area contributed by atoms with E-state index in [2.05, 4.69) is 0 Å². The van der Waals surface area contributed by atoms with Gasteiger partial charge < -0.3 is 14.2 Å². The summed E-state index contributed by atoms with van der Waals surface area (Å²) >= 11 is 2.03. The van der Waals surface area contributed by atoms with Crippen LogP contribution in [0.25, 0.3) is 0 Å². The third-order valence-electron chi connectivity index (χ3n) is 6.50. The first-order valence-electron chi connectivity index (χ1n) is 10.1.